The van der Waals surface area contributed by atoms with Crippen LogP contribution in [0.15, 0.2) is 48.5 Å². The van der Waals surface area contributed by atoms with E-state index in [9.17, 15) is 17.6 Å². The topological polar surface area (TPSA) is 75.3 Å². The smallest absolute Gasteiger partial charge is 0.255 e. The molecule has 0 bridgehead atoms. The highest BCUT2D eigenvalue weighted by molar-refractivity contribution is 7.92. The number of hydrogen-bond donors (Lipinski definition) is 2. The largest absolute Gasteiger partial charge is 0.319 e. The lowest BCUT2D eigenvalue weighted by molar-refractivity contribution is 0.102. The molecule has 23 heavy (non-hydrogen) atoms. The van der Waals surface area contributed by atoms with Crippen LogP contribution in [-0.4, -0.2) is 20.1 Å². The number of amides is 1. The van der Waals surface area contributed by atoms with Crippen molar-refractivity contribution in [1.82, 2.24) is 0 Å². The van der Waals surface area contributed by atoms with Gasteiger partial charge in [0.05, 0.1) is 11.4 Å². The van der Waals surface area contributed by atoms with Gasteiger partial charge >= 0.3 is 0 Å². The van der Waals surface area contributed by atoms with E-state index in [2.05, 4.69) is 10.0 Å². The number of anilines is 2. The van der Waals surface area contributed by atoms with Crippen molar-refractivity contribution in [3.63, 3.8) is 0 Å². The van der Waals surface area contributed by atoms with Crippen LogP contribution in [0.1, 0.15) is 23.7 Å². The van der Waals surface area contributed by atoms with Crippen molar-refractivity contribution in [2.75, 3.05) is 15.8 Å². The fraction of sp³-hybridized carbons (Fsp3) is 0.188. The van der Waals surface area contributed by atoms with Crippen LogP contribution < -0.4 is 10.0 Å². The summed E-state index contributed by atoms with van der Waals surface area (Å²) in [5, 5.41) is 2.45. The molecule has 0 aliphatic rings. The number of hydrogen-bond acceptors (Lipinski definition) is 3. The zero-order chi connectivity index (χ0) is 16.9. The molecule has 0 radical (unpaired) electrons. The molecule has 0 aliphatic heterocycles. The molecule has 5 nitrogen and oxygen atoms in total. The molecular formula is C16H17FN2O3S. The first-order valence-electron chi connectivity index (χ1n) is 7.08. The van der Waals surface area contributed by atoms with E-state index in [-0.39, 0.29) is 17.0 Å². The third-order valence-corrected chi connectivity index (χ3v) is 4.49. The molecule has 122 valence electrons. The number of carbonyl (C=O) groups excluding carboxylic acids is 1. The predicted molar refractivity (Wildman–Crippen MR) is 88.5 cm³/mol. The lowest BCUT2D eigenvalue weighted by Crippen LogP contribution is -2.17. The van der Waals surface area contributed by atoms with E-state index in [0.717, 1.165) is 0 Å². The summed E-state index contributed by atoms with van der Waals surface area (Å²) in [6, 6.07) is 11.8. The van der Waals surface area contributed by atoms with Gasteiger partial charge in [0, 0.05) is 11.3 Å². The average Bonchev–Trinajstić information content (AvgIpc) is 2.49. The normalized spacial score (nSPS) is 11.0. The molecule has 1 amide bonds. The summed E-state index contributed by atoms with van der Waals surface area (Å²) in [6.45, 7) is 1.76. The molecule has 2 aromatic rings. The van der Waals surface area contributed by atoms with Gasteiger partial charge in [-0.3, -0.25) is 9.52 Å². The van der Waals surface area contributed by atoms with Crippen LogP contribution in [0, 0.1) is 5.82 Å². The van der Waals surface area contributed by atoms with Gasteiger partial charge in [-0.25, -0.2) is 12.8 Å². The van der Waals surface area contributed by atoms with Crippen molar-refractivity contribution < 1.29 is 17.6 Å². The SMILES string of the molecule is CCCS(=O)(=O)Nc1cccc(C(=O)Nc2ccccc2F)c1. The molecule has 0 atom stereocenters. The maximum absolute atomic E-state index is 13.5. The minimum atomic E-state index is -3.43. The van der Waals surface area contributed by atoms with Gasteiger partial charge in [-0.2, -0.15) is 0 Å². The predicted octanol–water partition coefficient (Wildman–Crippen LogP) is 3.23. The van der Waals surface area contributed by atoms with Gasteiger partial charge in [0.1, 0.15) is 5.82 Å². The second-order valence-corrected chi connectivity index (χ2v) is 6.78. The fourth-order valence-corrected chi connectivity index (χ4v) is 3.11. The van der Waals surface area contributed by atoms with E-state index in [1.807, 2.05) is 0 Å². The molecule has 0 fully saturated rings. The zero-order valence-corrected chi connectivity index (χ0v) is 13.4. The molecule has 0 saturated heterocycles. The van der Waals surface area contributed by atoms with E-state index in [1.165, 1.54) is 30.3 Å². The Hall–Kier alpha value is -2.41. The molecule has 2 aromatic carbocycles. The first kappa shape index (κ1) is 17.0. The molecule has 2 rings (SSSR count). The van der Waals surface area contributed by atoms with Gasteiger partial charge in [-0.1, -0.05) is 25.1 Å². The minimum absolute atomic E-state index is 0.00134. The number of sulfonamides is 1. The molecule has 7 heteroatoms. The second-order valence-electron chi connectivity index (χ2n) is 4.94. The molecule has 0 spiro atoms. The van der Waals surface area contributed by atoms with Crippen molar-refractivity contribution in [3.8, 4) is 0 Å². The van der Waals surface area contributed by atoms with Gasteiger partial charge < -0.3 is 5.32 Å². The van der Waals surface area contributed by atoms with Crippen molar-refractivity contribution >= 4 is 27.3 Å². The first-order valence-corrected chi connectivity index (χ1v) is 8.73. The Labute approximate surface area is 134 Å². The lowest BCUT2D eigenvalue weighted by Gasteiger charge is -2.09. The summed E-state index contributed by atoms with van der Waals surface area (Å²) in [7, 11) is -3.43. The fourth-order valence-electron chi connectivity index (χ4n) is 1.98. The monoisotopic (exact) mass is 336 g/mol. The van der Waals surface area contributed by atoms with E-state index in [1.54, 1.807) is 25.1 Å². The maximum Gasteiger partial charge on any atom is 0.255 e. The van der Waals surface area contributed by atoms with Gasteiger partial charge in [0.25, 0.3) is 5.91 Å². The highest BCUT2D eigenvalue weighted by Gasteiger charge is 2.12. The maximum atomic E-state index is 13.5. The zero-order valence-electron chi connectivity index (χ0n) is 12.5. The molecule has 0 aromatic heterocycles. The Morgan fingerprint density at radius 2 is 1.87 bits per heavy atom. The van der Waals surface area contributed by atoms with Crippen molar-refractivity contribution in [2.45, 2.75) is 13.3 Å². The summed E-state index contributed by atoms with van der Waals surface area (Å²) in [4.78, 5) is 12.2. The van der Waals surface area contributed by atoms with Gasteiger partial charge in [0.2, 0.25) is 10.0 Å². The van der Waals surface area contributed by atoms with E-state index in [0.29, 0.717) is 12.1 Å². The van der Waals surface area contributed by atoms with Gasteiger partial charge in [0.15, 0.2) is 0 Å². The second kappa shape index (κ2) is 7.23. The lowest BCUT2D eigenvalue weighted by atomic mass is 10.2. The van der Waals surface area contributed by atoms with Crippen molar-refractivity contribution in [2.24, 2.45) is 0 Å². The van der Waals surface area contributed by atoms with Crippen molar-refractivity contribution in [1.29, 1.82) is 0 Å². The van der Waals surface area contributed by atoms with Crippen LogP contribution in [0.25, 0.3) is 0 Å². The number of rotatable bonds is 6. The van der Waals surface area contributed by atoms with Gasteiger partial charge in [-0.15, -0.1) is 0 Å². The summed E-state index contributed by atoms with van der Waals surface area (Å²) in [6.07, 6.45) is 0.489. The Morgan fingerprint density at radius 1 is 1.13 bits per heavy atom. The average molecular weight is 336 g/mol. The number of benzene rings is 2. The minimum Gasteiger partial charge on any atom is -0.319 e. The molecule has 2 N–H and O–H groups in total. The third-order valence-electron chi connectivity index (χ3n) is 2.99. The quantitative estimate of drug-likeness (QED) is 0.850. The Morgan fingerprint density at radius 3 is 2.57 bits per heavy atom. The van der Waals surface area contributed by atoms with Gasteiger partial charge in [-0.05, 0) is 36.8 Å². The first-order chi connectivity index (χ1) is 10.9. The van der Waals surface area contributed by atoms with E-state index in [4.69, 9.17) is 0 Å². The summed E-state index contributed by atoms with van der Waals surface area (Å²) >= 11 is 0. The highest BCUT2D eigenvalue weighted by Crippen LogP contribution is 2.17. The molecule has 0 aliphatic carbocycles. The molecule has 0 saturated carbocycles. The summed E-state index contributed by atoms with van der Waals surface area (Å²) < 4.78 is 39.5. The third kappa shape index (κ3) is 4.79. The van der Waals surface area contributed by atoms with Crippen LogP contribution in [0.3, 0.4) is 0 Å². The standard InChI is InChI=1S/C16H17FN2O3S/c1-2-10-23(21,22)19-13-7-5-6-12(11-13)16(20)18-15-9-4-3-8-14(15)17/h3-9,11,19H,2,10H2,1H3,(H,18,20). The molecular weight excluding hydrogens is 319 g/mol. The highest BCUT2D eigenvalue weighted by atomic mass is 32.2. The Kier molecular flexibility index (Phi) is 5.33. The number of para-hydroxylation sites is 1. The molecule has 0 unspecified atom stereocenters. The van der Waals surface area contributed by atoms with Crippen LogP contribution in [0.2, 0.25) is 0 Å². The Balaban J connectivity index is 2.16. The van der Waals surface area contributed by atoms with Crippen LogP contribution >= 0.6 is 0 Å². The Bertz CT molecular complexity index is 806. The molecule has 0 heterocycles. The van der Waals surface area contributed by atoms with Crippen molar-refractivity contribution in [3.05, 3.63) is 59.9 Å². The summed E-state index contributed by atoms with van der Waals surface area (Å²) in [5.74, 6) is -1.06. The number of carbonyl (C=O) groups is 1. The van der Waals surface area contributed by atoms with Crippen LogP contribution in [0.4, 0.5) is 15.8 Å². The van der Waals surface area contributed by atoms with Crippen LogP contribution in [0.5, 0.6) is 0 Å². The number of nitrogens with one attached hydrogen (secondary N) is 2. The van der Waals surface area contributed by atoms with E-state index < -0.39 is 21.7 Å². The van der Waals surface area contributed by atoms with E-state index >= 15 is 0 Å². The number of halogens is 1. The van der Waals surface area contributed by atoms with Crippen LogP contribution in [-0.2, 0) is 10.0 Å². The summed E-state index contributed by atoms with van der Waals surface area (Å²) in [5.41, 5.74) is 0.582.